The van der Waals surface area contributed by atoms with Crippen LogP contribution in [0.25, 0.3) is 0 Å². The Bertz CT molecular complexity index is 897. The fraction of sp³-hybridized carbons (Fsp3) is 0.316. The molecule has 0 unspecified atom stereocenters. The van der Waals surface area contributed by atoms with Gasteiger partial charge in [-0.15, -0.1) is 0 Å². The molecule has 0 aliphatic carbocycles. The summed E-state index contributed by atoms with van der Waals surface area (Å²) in [4.78, 5) is 12.2. The molecule has 0 fully saturated rings. The number of amides is 1. The van der Waals surface area contributed by atoms with Crippen molar-refractivity contribution in [3.8, 4) is 5.75 Å². The summed E-state index contributed by atoms with van der Waals surface area (Å²) < 4.78 is 9.22. The highest BCUT2D eigenvalue weighted by Gasteiger charge is 2.10. The summed E-state index contributed by atoms with van der Waals surface area (Å²) in [5, 5.41) is 11.4. The molecular weight excluding hydrogens is 330 g/mol. The molecule has 0 atom stereocenters. The van der Waals surface area contributed by atoms with Gasteiger partial charge in [0.05, 0.1) is 12.2 Å². The molecule has 26 heavy (non-hydrogen) atoms. The molecule has 0 saturated heterocycles. The molecule has 2 heterocycles. The first-order valence-electron chi connectivity index (χ1n) is 8.59. The summed E-state index contributed by atoms with van der Waals surface area (Å²) in [7, 11) is 0. The fourth-order valence-corrected chi connectivity index (χ4v) is 2.49. The van der Waals surface area contributed by atoms with E-state index in [2.05, 4.69) is 15.5 Å². The first kappa shape index (κ1) is 17.7. The predicted octanol–water partition coefficient (Wildman–Crippen LogP) is 2.68. The Hall–Kier alpha value is -3.09. The van der Waals surface area contributed by atoms with E-state index in [4.69, 9.17) is 4.74 Å². The van der Waals surface area contributed by atoms with Gasteiger partial charge in [-0.3, -0.25) is 9.48 Å². The van der Waals surface area contributed by atoms with E-state index in [1.54, 1.807) is 16.9 Å². The van der Waals surface area contributed by atoms with Gasteiger partial charge in [0, 0.05) is 18.9 Å². The van der Waals surface area contributed by atoms with Crippen LogP contribution in [0.15, 0.2) is 42.7 Å². The minimum Gasteiger partial charge on any atom is -0.471 e. The topological polar surface area (TPSA) is 74.0 Å². The first-order chi connectivity index (χ1) is 12.5. The van der Waals surface area contributed by atoms with Crippen molar-refractivity contribution in [3.63, 3.8) is 0 Å². The van der Waals surface area contributed by atoms with E-state index in [1.165, 1.54) is 0 Å². The van der Waals surface area contributed by atoms with Gasteiger partial charge < -0.3 is 10.1 Å². The Balaban J connectivity index is 1.55. The van der Waals surface area contributed by atoms with Gasteiger partial charge in [-0.2, -0.15) is 10.2 Å². The molecule has 7 nitrogen and oxygen atoms in total. The third-order valence-corrected chi connectivity index (χ3v) is 4.02. The molecule has 0 spiro atoms. The number of ether oxygens (including phenoxy) is 1. The van der Waals surface area contributed by atoms with E-state index in [0.717, 1.165) is 29.1 Å². The maximum absolute atomic E-state index is 12.2. The lowest BCUT2D eigenvalue weighted by Crippen LogP contribution is -2.24. The van der Waals surface area contributed by atoms with Gasteiger partial charge >= 0.3 is 0 Å². The zero-order valence-electron chi connectivity index (χ0n) is 15.3. The maximum Gasteiger partial charge on any atom is 0.272 e. The smallest absolute Gasteiger partial charge is 0.272 e. The van der Waals surface area contributed by atoms with Crippen molar-refractivity contribution in [2.75, 3.05) is 0 Å². The van der Waals surface area contributed by atoms with Crippen LogP contribution in [-0.4, -0.2) is 25.5 Å². The number of benzene rings is 1. The van der Waals surface area contributed by atoms with Gasteiger partial charge in [0.1, 0.15) is 11.4 Å². The van der Waals surface area contributed by atoms with Gasteiger partial charge in [-0.05, 0) is 50.1 Å². The molecule has 1 amide bonds. The lowest BCUT2D eigenvalue weighted by molar-refractivity contribution is 0.0943. The summed E-state index contributed by atoms with van der Waals surface area (Å²) >= 11 is 0. The molecule has 1 N–H and O–H groups in total. The Labute approximate surface area is 152 Å². The van der Waals surface area contributed by atoms with Crippen LogP contribution < -0.4 is 10.1 Å². The standard InChI is InChI=1S/C19H23N5O2/c1-4-23-9-7-16(21-23)12-20-19(25)17-8-10-24(22-17)13-26-18-11-14(2)5-6-15(18)3/h5-11H,4,12-13H2,1-3H3,(H,20,25). The quantitative estimate of drug-likeness (QED) is 0.709. The molecule has 0 aliphatic rings. The minimum atomic E-state index is -0.235. The summed E-state index contributed by atoms with van der Waals surface area (Å²) in [5.74, 6) is 0.583. The van der Waals surface area contributed by atoms with E-state index in [0.29, 0.717) is 12.2 Å². The molecule has 0 bridgehead atoms. The van der Waals surface area contributed by atoms with Crippen molar-refractivity contribution in [1.82, 2.24) is 24.9 Å². The summed E-state index contributed by atoms with van der Waals surface area (Å²) in [5.41, 5.74) is 3.37. The Kier molecular flexibility index (Phi) is 5.36. The SMILES string of the molecule is CCn1ccc(CNC(=O)c2ccn(COc3cc(C)ccc3C)n2)n1. The number of hydrogen-bond acceptors (Lipinski definition) is 4. The molecule has 0 saturated carbocycles. The van der Waals surface area contributed by atoms with E-state index >= 15 is 0 Å². The number of nitrogens with one attached hydrogen (secondary N) is 1. The number of nitrogens with zero attached hydrogens (tertiary/aromatic N) is 4. The second-order valence-electron chi connectivity index (χ2n) is 6.13. The normalized spacial score (nSPS) is 10.7. The molecule has 3 rings (SSSR count). The highest BCUT2D eigenvalue weighted by molar-refractivity contribution is 5.92. The van der Waals surface area contributed by atoms with Crippen molar-refractivity contribution in [1.29, 1.82) is 0 Å². The van der Waals surface area contributed by atoms with E-state index in [-0.39, 0.29) is 12.6 Å². The van der Waals surface area contributed by atoms with Crippen LogP contribution in [0.2, 0.25) is 0 Å². The van der Waals surface area contributed by atoms with Gasteiger partial charge in [-0.1, -0.05) is 12.1 Å². The van der Waals surface area contributed by atoms with Gasteiger partial charge in [0.2, 0.25) is 0 Å². The molecule has 2 aromatic heterocycles. The predicted molar refractivity (Wildman–Crippen MR) is 97.8 cm³/mol. The first-order valence-corrected chi connectivity index (χ1v) is 8.59. The third kappa shape index (κ3) is 4.30. The molecule has 1 aromatic carbocycles. The number of hydrogen-bond donors (Lipinski definition) is 1. The van der Waals surface area contributed by atoms with Crippen molar-refractivity contribution in [2.24, 2.45) is 0 Å². The van der Waals surface area contributed by atoms with E-state index < -0.39 is 0 Å². The van der Waals surface area contributed by atoms with Crippen LogP contribution in [0.5, 0.6) is 5.75 Å². The van der Waals surface area contributed by atoms with Crippen molar-refractivity contribution < 1.29 is 9.53 Å². The van der Waals surface area contributed by atoms with E-state index in [1.807, 2.05) is 55.9 Å². The van der Waals surface area contributed by atoms with Gasteiger partial charge in [0.15, 0.2) is 6.73 Å². The number of carbonyl (C=O) groups is 1. The van der Waals surface area contributed by atoms with Crippen molar-refractivity contribution >= 4 is 5.91 Å². The lowest BCUT2D eigenvalue weighted by atomic mass is 10.1. The molecule has 136 valence electrons. The number of aromatic nitrogens is 4. The van der Waals surface area contributed by atoms with Crippen LogP contribution in [0.4, 0.5) is 0 Å². The Morgan fingerprint density at radius 2 is 1.92 bits per heavy atom. The number of carbonyl (C=O) groups excluding carboxylic acids is 1. The van der Waals surface area contributed by atoms with Crippen LogP contribution in [0, 0.1) is 13.8 Å². The Morgan fingerprint density at radius 1 is 1.12 bits per heavy atom. The zero-order chi connectivity index (χ0) is 18.5. The molecule has 3 aromatic rings. The summed E-state index contributed by atoms with van der Waals surface area (Å²) in [6, 6.07) is 9.61. The summed E-state index contributed by atoms with van der Waals surface area (Å²) in [6.45, 7) is 7.46. The van der Waals surface area contributed by atoms with Crippen LogP contribution >= 0.6 is 0 Å². The average Bonchev–Trinajstić information content (AvgIpc) is 3.29. The monoisotopic (exact) mass is 353 g/mol. The van der Waals surface area contributed by atoms with Crippen LogP contribution in [-0.2, 0) is 19.8 Å². The zero-order valence-corrected chi connectivity index (χ0v) is 15.3. The number of rotatable bonds is 7. The van der Waals surface area contributed by atoms with Crippen molar-refractivity contribution in [3.05, 3.63) is 65.2 Å². The lowest BCUT2D eigenvalue weighted by Gasteiger charge is -2.09. The highest BCUT2D eigenvalue weighted by Crippen LogP contribution is 2.19. The highest BCUT2D eigenvalue weighted by atomic mass is 16.5. The minimum absolute atomic E-state index is 0.235. The van der Waals surface area contributed by atoms with Crippen LogP contribution in [0.1, 0.15) is 34.2 Å². The van der Waals surface area contributed by atoms with Gasteiger partial charge in [-0.25, -0.2) is 4.68 Å². The molecule has 0 radical (unpaired) electrons. The average molecular weight is 353 g/mol. The number of aryl methyl sites for hydroxylation is 3. The maximum atomic E-state index is 12.2. The Morgan fingerprint density at radius 3 is 2.69 bits per heavy atom. The molecule has 0 aliphatic heterocycles. The molecular formula is C19H23N5O2. The second-order valence-corrected chi connectivity index (χ2v) is 6.13. The van der Waals surface area contributed by atoms with E-state index in [9.17, 15) is 4.79 Å². The second kappa shape index (κ2) is 7.86. The fourth-order valence-electron chi connectivity index (χ4n) is 2.49. The molecule has 7 heteroatoms. The third-order valence-electron chi connectivity index (χ3n) is 4.02. The van der Waals surface area contributed by atoms with Crippen LogP contribution in [0.3, 0.4) is 0 Å². The largest absolute Gasteiger partial charge is 0.471 e. The summed E-state index contributed by atoms with van der Waals surface area (Å²) in [6.07, 6.45) is 3.62. The van der Waals surface area contributed by atoms with Crippen molar-refractivity contribution in [2.45, 2.75) is 40.6 Å². The van der Waals surface area contributed by atoms with Gasteiger partial charge in [0.25, 0.3) is 5.91 Å².